The van der Waals surface area contributed by atoms with Gasteiger partial charge >= 0.3 is 5.63 Å². The molecule has 37 heavy (non-hydrogen) atoms. The lowest BCUT2D eigenvalue weighted by molar-refractivity contribution is 0.102. The van der Waals surface area contributed by atoms with Crippen LogP contribution in [-0.4, -0.2) is 15.0 Å². The summed E-state index contributed by atoms with van der Waals surface area (Å²) >= 11 is 17.9. The fourth-order valence-electron chi connectivity index (χ4n) is 3.98. The summed E-state index contributed by atoms with van der Waals surface area (Å²) in [5.74, 6) is -0.515. The van der Waals surface area contributed by atoms with E-state index in [2.05, 4.69) is 5.32 Å². The maximum absolute atomic E-state index is 13.9. The van der Waals surface area contributed by atoms with E-state index in [0.29, 0.717) is 27.0 Å². The van der Waals surface area contributed by atoms with E-state index in [1.54, 1.807) is 85.8 Å². The predicted octanol–water partition coefficient (Wildman–Crippen LogP) is 6.33. The van der Waals surface area contributed by atoms with Gasteiger partial charge in [0.05, 0.1) is 11.4 Å². The molecule has 5 aromatic rings. The van der Waals surface area contributed by atoms with Crippen molar-refractivity contribution in [3.05, 3.63) is 126 Å². The quantitative estimate of drug-likeness (QED) is 0.264. The Morgan fingerprint density at radius 1 is 0.838 bits per heavy atom. The van der Waals surface area contributed by atoms with Crippen LogP contribution in [0.25, 0.3) is 22.5 Å². The van der Waals surface area contributed by atoms with Crippen LogP contribution in [0.2, 0.25) is 10.0 Å². The van der Waals surface area contributed by atoms with Gasteiger partial charge < -0.3 is 9.73 Å². The van der Waals surface area contributed by atoms with Gasteiger partial charge in [0.25, 0.3) is 11.5 Å². The molecule has 3 aromatic carbocycles. The maximum atomic E-state index is 13.9. The number of hydrogen-bond donors (Lipinski definition) is 1. The molecule has 10 heteroatoms. The molecule has 0 saturated heterocycles. The summed E-state index contributed by atoms with van der Waals surface area (Å²) in [5.41, 5.74) is 0.0240. The number of carbonyl (C=O) groups is 1. The van der Waals surface area contributed by atoms with Gasteiger partial charge in [-0.15, -0.1) is 0 Å². The van der Waals surface area contributed by atoms with Crippen LogP contribution in [0.4, 0.5) is 5.69 Å². The minimum absolute atomic E-state index is 0.0530. The number of halogens is 2. The first kappa shape index (κ1) is 24.7. The SMILES string of the molecule is Cc1c(NC(=O)c2ccccc2)c(=O)oc2c1c(=O)n(-c1ccc(Cl)cc1)c(=S)n2-c1ccc(Cl)cc1. The number of nitrogens with zero attached hydrogens (tertiary/aromatic N) is 2. The van der Waals surface area contributed by atoms with E-state index in [-0.39, 0.29) is 27.1 Å². The first-order valence-corrected chi connectivity index (χ1v) is 12.2. The molecule has 0 aliphatic heterocycles. The lowest BCUT2D eigenvalue weighted by Crippen LogP contribution is -2.27. The molecule has 1 amide bonds. The largest absolute Gasteiger partial charge is 0.403 e. The Balaban J connectivity index is 1.84. The zero-order valence-corrected chi connectivity index (χ0v) is 21.5. The molecular formula is C27H17Cl2N3O4S. The van der Waals surface area contributed by atoms with Gasteiger partial charge in [0.2, 0.25) is 5.71 Å². The third kappa shape index (κ3) is 4.51. The molecule has 0 saturated carbocycles. The maximum Gasteiger partial charge on any atom is 0.361 e. The van der Waals surface area contributed by atoms with Gasteiger partial charge in [-0.1, -0.05) is 41.4 Å². The topological polar surface area (TPSA) is 86.2 Å². The fraction of sp³-hybridized carbons (Fsp3) is 0.0370. The minimum atomic E-state index is -0.824. The predicted molar refractivity (Wildman–Crippen MR) is 147 cm³/mol. The van der Waals surface area contributed by atoms with Crippen LogP contribution < -0.4 is 16.5 Å². The summed E-state index contributed by atoms with van der Waals surface area (Å²) in [6, 6.07) is 21.7. The molecule has 0 bridgehead atoms. The molecule has 0 fully saturated rings. The van der Waals surface area contributed by atoms with Gasteiger partial charge in [-0.05, 0) is 85.4 Å². The van der Waals surface area contributed by atoms with Gasteiger partial charge in [-0.3, -0.25) is 18.7 Å². The van der Waals surface area contributed by atoms with Gasteiger partial charge in [0.15, 0.2) is 4.77 Å². The van der Waals surface area contributed by atoms with Gasteiger partial charge in [-0.2, -0.15) is 0 Å². The molecule has 0 atom stereocenters. The van der Waals surface area contributed by atoms with Crippen LogP contribution in [0.5, 0.6) is 0 Å². The number of benzene rings is 3. The average molecular weight is 550 g/mol. The second-order valence-corrected chi connectivity index (χ2v) is 9.34. The summed E-state index contributed by atoms with van der Waals surface area (Å²) < 4.78 is 8.52. The van der Waals surface area contributed by atoms with Crippen LogP contribution in [0, 0.1) is 11.7 Å². The van der Waals surface area contributed by atoms with Crippen LogP contribution in [0.1, 0.15) is 15.9 Å². The Morgan fingerprint density at radius 2 is 1.38 bits per heavy atom. The lowest BCUT2D eigenvalue weighted by Gasteiger charge is -2.17. The Bertz CT molecular complexity index is 1840. The summed E-state index contributed by atoms with van der Waals surface area (Å²) in [5, 5.41) is 3.65. The number of hydrogen-bond acceptors (Lipinski definition) is 5. The van der Waals surface area contributed by atoms with Crippen molar-refractivity contribution in [2.45, 2.75) is 6.92 Å². The molecule has 0 aliphatic carbocycles. The molecule has 1 N–H and O–H groups in total. The van der Waals surface area contributed by atoms with Gasteiger partial charge in [0.1, 0.15) is 11.1 Å². The second kappa shape index (κ2) is 9.82. The molecule has 2 aromatic heterocycles. The monoisotopic (exact) mass is 549 g/mol. The van der Waals surface area contributed by atoms with E-state index in [1.807, 2.05) is 0 Å². The number of amides is 1. The molecule has 0 aliphatic rings. The smallest absolute Gasteiger partial charge is 0.361 e. The van der Waals surface area contributed by atoms with Crippen molar-refractivity contribution in [3.63, 3.8) is 0 Å². The standard InChI is InChI=1S/C27H17Cl2N3O4S/c1-15-21-24(34)31(19-11-7-17(28)8-12-19)27(37)32(20-13-9-18(29)10-14-20)25(21)36-26(35)22(15)30-23(33)16-5-3-2-4-6-16/h2-14H,1H3,(H,30,33). The summed E-state index contributed by atoms with van der Waals surface area (Å²) in [4.78, 5) is 39.8. The van der Waals surface area contributed by atoms with E-state index in [9.17, 15) is 14.4 Å². The normalized spacial score (nSPS) is 11.0. The van der Waals surface area contributed by atoms with Crippen molar-refractivity contribution in [2.24, 2.45) is 0 Å². The molecule has 2 heterocycles. The van der Waals surface area contributed by atoms with Crippen LogP contribution in [0.3, 0.4) is 0 Å². The van der Waals surface area contributed by atoms with Crippen molar-refractivity contribution >= 4 is 58.1 Å². The summed E-state index contributed by atoms with van der Waals surface area (Å²) in [6.45, 7) is 1.57. The highest BCUT2D eigenvalue weighted by Crippen LogP contribution is 2.25. The first-order chi connectivity index (χ1) is 17.8. The number of aromatic nitrogens is 2. The molecule has 7 nitrogen and oxygen atoms in total. The molecule has 0 radical (unpaired) electrons. The van der Waals surface area contributed by atoms with E-state index >= 15 is 0 Å². The zero-order chi connectivity index (χ0) is 26.3. The molecule has 184 valence electrons. The Labute approximate surface area is 225 Å². The van der Waals surface area contributed by atoms with Crippen LogP contribution in [0.15, 0.2) is 92.9 Å². The molecule has 0 spiro atoms. The van der Waals surface area contributed by atoms with E-state index in [4.69, 9.17) is 39.8 Å². The number of nitrogens with one attached hydrogen (secondary N) is 1. The summed E-state index contributed by atoms with van der Waals surface area (Å²) in [7, 11) is 0. The Morgan fingerprint density at radius 3 is 1.95 bits per heavy atom. The van der Waals surface area contributed by atoms with Gasteiger partial charge in [0, 0.05) is 15.6 Å². The van der Waals surface area contributed by atoms with E-state index < -0.39 is 17.1 Å². The molecule has 5 rings (SSSR count). The Hall–Kier alpha value is -3.98. The molecule has 0 unspecified atom stereocenters. The van der Waals surface area contributed by atoms with Crippen molar-refractivity contribution in [1.82, 2.24) is 9.13 Å². The Kier molecular flexibility index (Phi) is 6.55. The number of rotatable bonds is 4. The highest BCUT2D eigenvalue weighted by Gasteiger charge is 2.23. The first-order valence-electron chi connectivity index (χ1n) is 11.0. The van der Waals surface area contributed by atoms with E-state index in [0.717, 1.165) is 0 Å². The third-order valence-electron chi connectivity index (χ3n) is 5.80. The average Bonchev–Trinajstić information content (AvgIpc) is 2.89. The van der Waals surface area contributed by atoms with Crippen molar-refractivity contribution in [1.29, 1.82) is 0 Å². The summed E-state index contributed by atoms with van der Waals surface area (Å²) in [6.07, 6.45) is 0. The van der Waals surface area contributed by atoms with Crippen molar-refractivity contribution < 1.29 is 9.21 Å². The van der Waals surface area contributed by atoms with Crippen LogP contribution >= 0.6 is 35.4 Å². The lowest BCUT2D eigenvalue weighted by atomic mass is 10.1. The highest BCUT2D eigenvalue weighted by atomic mass is 35.5. The molecular weight excluding hydrogens is 533 g/mol. The minimum Gasteiger partial charge on any atom is -0.403 e. The highest BCUT2D eigenvalue weighted by molar-refractivity contribution is 7.71. The third-order valence-corrected chi connectivity index (χ3v) is 6.67. The number of carbonyl (C=O) groups excluding carboxylic acids is 1. The van der Waals surface area contributed by atoms with Gasteiger partial charge in [-0.25, -0.2) is 4.79 Å². The van der Waals surface area contributed by atoms with Crippen molar-refractivity contribution in [2.75, 3.05) is 5.32 Å². The van der Waals surface area contributed by atoms with Crippen LogP contribution in [-0.2, 0) is 0 Å². The number of anilines is 1. The number of aryl methyl sites for hydroxylation is 1. The second-order valence-electron chi connectivity index (χ2n) is 8.10. The fourth-order valence-corrected chi connectivity index (χ4v) is 4.61. The zero-order valence-electron chi connectivity index (χ0n) is 19.2. The van der Waals surface area contributed by atoms with Crippen molar-refractivity contribution in [3.8, 4) is 11.4 Å². The van der Waals surface area contributed by atoms with E-state index in [1.165, 1.54) is 9.13 Å². The number of fused-ring (bicyclic) bond motifs is 1.